The van der Waals surface area contributed by atoms with Crippen molar-refractivity contribution in [3.05, 3.63) is 89.3 Å². The summed E-state index contributed by atoms with van der Waals surface area (Å²) in [7, 11) is 0. The Morgan fingerprint density at radius 1 is 1.08 bits per heavy atom. The lowest BCUT2D eigenvalue weighted by molar-refractivity contribution is 0.0970. The third-order valence-corrected chi connectivity index (χ3v) is 4.38. The summed E-state index contributed by atoms with van der Waals surface area (Å²) >= 11 is 0. The molecule has 3 rings (SSSR count). The molecule has 4 heteroatoms. The Bertz CT molecular complexity index is 879. The van der Waals surface area contributed by atoms with Crippen LogP contribution in [-0.2, 0) is 0 Å². The second kappa shape index (κ2) is 7.59. The van der Waals surface area contributed by atoms with E-state index in [1.54, 1.807) is 6.92 Å². The third-order valence-electron chi connectivity index (χ3n) is 4.38. The zero-order valence-electron chi connectivity index (χ0n) is 13.9. The highest BCUT2D eigenvalue weighted by molar-refractivity contribution is 5.97. The molecule has 0 amide bonds. The maximum Gasteiger partial charge on any atom is 0.168 e. The second-order valence-corrected chi connectivity index (χ2v) is 5.96. The molecule has 2 atom stereocenters. The molecule has 0 aliphatic heterocycles. The molecule has 0 N–H and O–H groups in total. The largest absolute Gasteiger partial charge is 0.361 e. The Labute approximate surface area is 146 Å². The van der Waals surface area contributed by atoms with E-state index in [1.807, 2.05) is 60.7 Å². The van der Waals surface area contributed by atoms with Crippen LogP contribution < -0.4 is 0 Å². The Balaban J connectivity index is 1.97. The molecule has 0 saturated heterocycles. The standard InChI is InChI=1S/C21H18N2O2/c1-15-20(14-23-25-15)21(24)12-18(16-8-4-2-5-9-16)19(13-22)17-10-6-3-7-11-17/h2-11,14,18-19H,12H2,1H3/t18-,19-/m0/s1. The van der Waals surface area contributed by atoms with Crippen LogP contribution in [0.5, 0.6) is 0 Å². The quantitative estimate of drug-likeness (QED) is 0.617. The number of hydrogen-bond acceptors (Lipinski definition) is 4. The summed E-state index contributed by atoms with van der Waals surface area (Å²) in [5.74, 6) is -0.211. The second-order valence-electron chi connectivity index (χ2n) is 5.96. The number of nitrogens with zero attached hydrogens (tertiary/aromatic N) is 2. The van der Waals surface area contributed by atoms with Gasteiger partial charge in [-0.25, -0.2) is 0 Å². The molecule has 0 spiro atoms. The predicted octanol–water partition coefficient (Wildman–Crippen LogP) is 4.65. The van der Waals surface area contributed by atoms with E-state index in [2.05, 4.69) is 11.2 Å². The molecule has 0 unspecified atom stereocenters. The molecule has 25 heavy (non-hydrogen) atoms. The van der Waals surface area contributed by atoms with Crippen LogP contribution in [0.2, 0.25) is 0 Å². The van der Waals surface area contributed by atoms with E-state index in [9.17, 15) is 10.1 Å². The van der Waals surface area contributed by atoms with Crippen LogP contribution in [0.3, 0.4) is 0 Å². The van der Waals surface area contributed by atoms with E-state index in [0.717, 1.165) is 11.1 Å². The number of carbonyl (C=O) groups excluding carboxylic acids is 1. The van der Waals surface area contributed by atoms with Crippen LogP contribution >= 0.6 is 0 Å². The maximum atomic E-state index is 12.8. The summed E-state index contributed by atoms with van der Waals surface area (Å²) in [6.07, 6.45) is 1.67. The molecule has 0 saturated carbocycles. The molecular formula is C21H18N2O2. The van der Waals surface area contributed by atoms with Gasteiger partial charge < -0.3 is 4.52 Å². The SMILES string of the molecule is Cc1oncc1C(=O)C[C@@H](c1ccccc1)[C@@H](C#N)c1ccccc1. The van der Waals surface area contributed by atoms with Crippen molar-refractivity contribution in [3.63, 3.8) is 0 Å². The van der Waals surface area contributed by atoms with Crippen LogP contribution in [0, 0.1) is 18.3 Å². The monoisotopic (exact) mass is 330 g/mol. The van der Waals surface area contributed by atoms with Gasteiger partial charge in [0.25, 0.3) is 0 Å². The lowest BCUT2D eigenvalue weighted by Gasteiger charge is -2.22. The molecule has 4 nitrogen and oxygen atoms in total. The van der Waals surface area contributed by atoms with Gasteiger partial charge in [-0.3, -0.25) is 4.79 Å². The number of carbonyl (C=O) groups is 1. The molecule has 2 aromatic carbocycles. The van der Waals surface area contributed by atoms with Gasteiger partial charge in [-0.05, 0) is 18.1 Å². The van der Waals surface area contributed by atoms with E-state index < -0.39 is 5.92 Å². The Morgan fingerprint density at radius 2 is 1.68 bits per heavy atom. The Kier molecular flexibility index (Phi) is 5.06. The molecule has 1 aromatic heterocycles. The van der Waals surface area contributed by atoms with Gasteiger partial charge in [0.05, 0.1) is 23.7 Å². The number of aromatic nitrogens is 1. The van der Waals surface area contributed by atoms with Gasteiger partial charge in [-0.1, -0.05) is 65.8 Å². The number of rotatable bonds is 6. The molecule has 0 bridgehead atoms. The van der Waals surface area contributed by atoms with E-state index in [1.165, 1.54) is 6.20 Å². The first-order chi connectivity index (χ1) is 12.2. The minimum atomic E-state index is -0.410. The zero-order chi connectivity index (χ0) is 17.6. The van der Waals surface area contributed by atoms with E-state index in [-0.39, 0.29) is 18.1 Å². The summed E-state index contributed by atoms with van der Waals surface area (Å²) < 4.78 is 5.01. The third kappa shape index (κ3) is 3.67. The van der Waals surface area contributed by atoms with Crippen LogP contribution in [0.15, 0.2) is 71.4 Å². The van der Waals surface area contributed by atoms with Crippen molar-refractivity contribution < 1.29 is 9.32 Å². The van der Waals surface area contributed by atoms with Crippen molar-refractivity contribution in [1.29, 1.82) is 5.26 Å². The van der Waals surface area contributed by atoms with Crippen LogP contribution in [0.1, 0.15) is 45.5 Å². The molecule has 1 heterocycles. The highest BCUT2D eigenvalue weighted by atomic mass is 16.5. The van der Waals surface area contributed by atoms with Crippen LogP contribution in [0.4, 0.5) is 0 Å². The van der Waals surface area contributed by atoms with Gasteiger partial charge in [0.2, 0.25) is 0 Å². The van der Waals surface area contributed by atoms with E-state index in [4.69, 9.17) is 4.52 Å². The topological polar surface area (TPSA) is 66.9 Å². The first-order valence-electron chi connectivity index (χ1n) is 8.14. The average Bonchev–Trinajstić information content (AvgIpc) is 3.09. The van der Waals surface area contributed by atoms with Gasteiger partial charge in [0.15, 0.2) is 5.78 Å². The summed E-state index contributed by atoms with van der Waals surface area (Å²) in [6, 6.07) is 21.7. The van der Waals surface area contributed by atoms with Crippen molar-refractivity contribution in [2.75, 3.05) is 0 Å². The van der Waals surface area contributed by atoms with Crippen molar-refractivity contribution in [2.24, 2.45) is 0 Å². The summed E-state index contributed by atoms with van der Waals surface area (Å²) in [6.45, 7) is 1.72. The number of aryl methyl sites for hydroxylation is 1. The number of Topliss-reactive ketones (excluding diaryl/α,β-unsaturated/α-hetero) is 1. The molecule has 0 aliphatic carbocycles. The van der Waals surface area contributed by atoms with Gasteiger partial charge >= 0.3 is 0 Å². The molecule has 124 valence electrons. The minimum Gasteiger partial charge on any atom is -0.361 e. The van der Waals surface area contributed by atoms with Crippen molar-refractivity contribution in [1.82, 2.24) is 5.16 Å². The molecular weight excluding hydrogens is 312 g/mol. The lowest BCUT2D eigenvalue weighted by Crippen LogP contribution is -2.15. The van der Waals surface area contributed by atoms with E-state index >= 15 is 0 Å². The van der Waals surface area contributed by atoms with Gasteiger partial charge in [0.1, 0.15) is 5.76 Å². The summed E-state index contributed by atoms with van der Waals surface area (Å²) in [5, 5.41) is 13.5. The number of benzene rings is 2. The first-order valence-corrected chi connectivity index (χ1v) is 8.14. The van der Waals surface area contributed by atoms with Crippen LogP contribution in [0.25, 0.3) is 0 Å². The van der Waals surface area contributed by atoms with Gasteiger partial charge in [0, 0.05) is 12.3 Å². The van der Waals surface area contributed by atoms with Crippen molar-refractivity contribution in [2.45, 2.75) is 25.2 Å². The minimum absolute atomic E-state index is 0.0659. The Morgan fingerprint density at radius 3 is 2.20 bits per heavy atom. The average molecular weight is 330 g/mol. The fraction of sp³-hybridized carbons (Fsp3) is 0.190. The molecule has 0 fully saturated rings. The Hall–Kier alpha value is -3.19. The maximum absolute atomic E-state index is 12.8. The smallest absolute Gasteiger partial charge is 0.168 e. The van der Waals surface area contributed by atoms with Crippen LogP contribution in [-0.4, -0.2) is 10.9 Å². The molecule has 0 aliphatic rings. The number of ketones is 1. The van der Waals surface area contributed by atoms with Crippen molar-refractivity contribution in [3.8, 4) is 6.07 Å². The lowest BCUT2D eigenvalue weighted by atomic mass is 9.78. The normalized spacial score (nSPS) is 13.0. The molecule has 3 aromatic rings. The zero-order valence-corrected chi connectivity index (χ0v) is 13.9. The van der Waals surface area contributed by atoms with Crippen molar-refractivity contribution >= 4 is 5.78 Å². The first kappa shape index (κ1) is 16.7. The summed E-state index contributed by atoms with van der Waals surface area (Å²) in [5.41, 5.74) is 2.36. The highest BCUT2D eigenvalue weighted by Gasteiger charge is 2.28. The molecule has 0 radical (unpaired) electrons. The summed E-state index contributed by atoms with van der Waals surface area (Å²) in [4.78, 5) is 12.8. The fourth-order valence-electron chi connectivity index (χ4n) is 3.06. The number of hydrogen-bond donors (Lipinski definition) is 0. The highest BCUT2D eigenvalue weighted by Crippen LogP contribution is 2.36. The fourth-order valence-corrected chi connectivity index (χ4v) is 3.06. The van der Waals surface area contributed by atoms with E-state index in [0.29, 0.717) is 11.3 Å². The van der Waals surface area contributed by atoms with Gasteiger partial charge in [-0.2, -0.15) is 5.26 Å². The van der Waals surface area contributed by atoms with Gasteiger partial charge in [-0.15, -0.1) is 0 Å². The predicted molar refractivity (Wildman–Crippen MR) is 94.2 cm³/mol. The number of nitriles is 1.